The van der Waals surface area contributed by atoms with Gasteiger partial charge in [-0.2, -0.15) is 0 Å². The van der Waals surface area contributed by atoms with Gasteiger partial charge in [-0.1, -0.05) is 29.8 Å². The summed E-state index contributed by atoms with van der Waals surface area (Å²) in [6, 6.07) is 14.7. The number of nitrogens with zero attached hydrogens (tertiary/aromatic N) is 1. The van der Waals surface area contributed by atoms with Crippen LogP contribution in [0.3, 0.4) is 0 Å². The average molecular weight is 284 g/mol. The molecule has 0 bridgehead atoms. The van der Waals surface area contributed by atoms with Gasteiger partial charge in [-0.05, 0) is 44.0 Å². The van der Waals surface area contributed by atoms with Gasteiger partial charge in [0.25, 0.3) is 0 Å². The third-order valence-corrected chi connectivity index (χ3v) is 3.58. The molecule has 0 aromatic heterocycles. The Morgan fingerprint density at radius 1 is 1.14 bits per heavy atom. The second-order valence-corrected chi connectivity index (χ2v) is 5.54. The first-order valence-corrected chi connectivity index (χ1v) is 7.24. The zero-order chi connectivity index (χ0) is 15.4. The Kier molecular flexibility index (Phi) is 4.86. The number of anilines is 2. The molecular formula is C18H24N2O. The molecule has 3 heteroatoms. The highest BCUT2D eigenvalue weighted by Crippen LogP contribution is 2.34. The second kappa shape index (κ2) is 6.64. The van der Waals surface area contributed by atoms with Gasteiger partial charge < -0.3 is 15.4 Å². The normalized spacial score (nSPS) is 12.0. The Labute approximate surface area is 127 Å². The number of methoxy groups -OCH3 is 1. The quantitative estimate of drug-likeness (QED) is 0.910. The van der Waals surface area contributed by atoms with Gasteiger partial charge in [0.15, 0.2) is 0 Å². The van der Waals surface area contributed by atoms with Gasteiger partial charge in [-0.25, -0.2) is 0 Å². The van der Waals surface area contributed by atoms with Crippen molar-refractivity contribution < 1.29 is 4.74 Å². The van der Waals surface area contributed by atoms with Crippen molar-refractivity contribution in [1.29, 1.82) is 0 Å². The number of hydrogen-bond acceptors (Lipinski definition) is 3. The zero-order valence-corrected chi connectivity index (χ0v) is 13.3. The van der Waals surface area contributed by atoms with E-state index in [0.29, 0.717) is 0 Å². The molecule has 0 saturated carbocycles. The van der Waals surface area contributed by atoms with Crippen molar-refractivity contribution in [2.45, 2.75) is 26.3 Å². The SMILES string of the molecule is COc1ccccc1N(C)c1ccc(C)cc1CC(C)N. The second-order valence-electron chi connectivity index (χ2n) is 5.54. The topological polar surface area (TPSA) is 38.5 Å². The van der Waals surface area contributed by atoms with Gasteiger partial charge in [0.05, 0.1) is 12.8 Å². The number of benzene rings is 2. The van der Waals surface area contributed by atoms with Crippen molar-refractivity contribution in [3.63, 3.8) is 0 Å². The van der Waals surface area contributed by atoms with E-state index in [0.717, 1.165) is 17.9 Å². The summed E-state index contributed by atoms with van der Waals surface area (Å²) in [7, 11) is 3.76. The first kappa shape index (κ1) is 15.4. The molecule has 2 aromatic carbocycles. The van der Waals surface area contributed by atoms with Crippen molar-refractivity contribution in [3.8, 4) is 5.75 Å². The van der Waals surface area contributed by atoms with Crippen LogP contribution in [0.5, 0.6) is 5.75 Å². The molecule has 0 spiro atoms. The third kappa shape index (κ3) is 3.56. The van der Waals surface area contributed by atoms with Crippen molar-refractivity contribution in [1.82, 2.24) is 0 Å². The van der Waals surface area contributed by atoms with E-state index >= 15 is 0 Å². The fraction of sp³-hybridized carbons (Fsp3) is 0.333. The maximum atomic E-state index is 6.00. The molecule has 0 heterocycles. The molecule has 2 aromatic rings. The summed E-state index contributed by atoms with van der Waals surface area (Å²) in [4.78, 5) is 2.16. The van der Waals surface area contributed by atoms with E-state index < -0.39 is 0 Å². The molecule has 0 aliphatic heterocycles. The lowest BCUT2D eigenvalue weighted by Gasteiger charge is -2.25. The lowest BCUT2D eigenvalue weighted by molar-refractivity contribution is 0.415. The van der Waals surface area contributed by atoms with Crippen LogP contribution >= 0.6 is 0 Å². The fourth-order valence-electron chi connectivity index (χ4n) is 2.59. The van der Waals surface area contributed by atoms with Crippen LogP contribution in [-0.4, -0.2) is 20.2 Å². The van der Waals surface area contributed by atoms with Crippen LogP contribution in [-0.2, 0) is 6.42 Å². The molecule has 0 amide bonds. The third-order valence-electron chi connectivity index (χ3n) is 3.58. The van der Waals surface area contributed by atoms with Gasteiger partial charge >= 0.3 is 0 Å². The van der Waals surface area contributed by atoms with Gasteiger partial charge in [0.2, 0.25) is 0 Å². The van der Waals surface area contributed by atoms with Crippen molar-refractivity contribution in [2.75, 3.05) is 19.1 Å². The van der Waals surface area contributed by atoms with E-state index in [4.69, 9.17) is 10.5 Å². The summed E-state index contributed by atoms with van der Waals surface area (Å²) >= 11 is 0. The van der Waals surface area contributed by atoms with Crippen LogP contribution in [0.15, 0.2) is 42.5 Å². The van der Waals surface area contributed by atoms with E-state index in [2.05, 4.69) is 43.1 Å². The number of ether oxygens (including phenoxy) is 1. The number of hydrogen-bond donors (Lipinski definition) is 1. The van der Waals surface area contributed by atoms with Crippen LogP contribution in [0.4, 0.5) is 11.4 Å². The van der Waals surface area contributed by atoms with E-state index in [1.54, 1.807) is 7.11 Å². The van der Waals surface area contributed by atoms with Gasteiger partial charge in [-0.3, -0.25) is 0 Å². The summed E-state index contributed by atoms with van der Waals surface area (Å²) < 4.78 is 5.47. The lowest BCUT2D eigenvalue weighted by atomic mass is 10.0. The van der Waals surface area contributed by atoms with Crippen LogP contribution in [0, 0.1) is 6.92 Å². The number of aryl methyl sites for hydroxylation is 1. The van der Waals surface area contributed by atoms with E-state index in [-0.39, 0.29) is 6.04 Å². The molecule has 1 atom stereocenters. The smallest absolute Gasteiger partial charge is 0.142 e. The Balaban J connectivity index is 2.45. The minimum absolute atomic E-state index is 0.136. The summed E-state index contributed by atoms with van der Waals surface area (Å²) in [5.41, 5.74) is 10.7. The number of rotatable bonds is 5. The molecular weight excluding hydrogens is 260 g/mol. The molecule has 0 aliphatic carbocycles. The largest absolute Gasteiger partial charge is 0.495 e. The minimum Gasteiger partial charge on any atom is -0.495 e. The maximum absolute atomic E-state index is 6.00. The van der Waals surface area contributed by atoms with Crippen LogP contribution in [0.1, 0.15) is 18.1 Å². The highest BCUT2D eigenvalue weighted by Gasteiger charge is 2.14. The van der Waals surface area contributed by atoms with E-state index in [1.165, 1.54) is 16.8 Å². The monoisotopic (exact) mass is 284 g/mol. The maximum Gasteiger partial charge on any atom is 0.142 e. The Hall–Kier alpha value is -2.00. The number of para-hydroxylation sites is 2. The molecule has 2 N–H and O–H groups in total. The molecule has 0 saturated heterocycles. The Bertz CT molecular complexity index is 608. The molecule has 0 fully saturated rings. The van der Waals surface area contributed by atoms with Gasteiger partial charge in [0.1, 0.15) is 5.75 Å². The van der Waals surface area contributed by atoms with E-state index in [9.17, 15) is 0 Å². The summed E-state index contributed by atoms with van der Waals surface area (Å²) in [5.74, 6) is 0.868. The first-order valence-electron chi connectivity index (χ1n) is 7.24. The first-order chi connectivity index (χ1) is 10.0. The van der Waals surface area contributed by atoms with Gasteiger partial charge in [-0.15, -0.1) is 0 Å². The molecule has 21 heavy (non-hydrogen) atoms. The Morgan fingerprint density at radius 3 is 2.52 bits per heavy atom. The highest BCUT2D eigenvalue weighted by atomic mass is 16.5. The predicted molar refractivity (Wildman–Crippen MR) is 89.6 cm³/mol. The molecule has 1 unspecified atom stereocenters. The lowest BCUT2D eigenvalue weighted by Crippen LogP contribution is -2.20. The fourth-order valence-corrected chi connectivity index (χ4v) is 2.59. The average Bonchev–Trinajstić information content (AvgIpc) is 2.46. The molecule has 0 aliphatic rings. The molecule has 3 nitrogen and oxygen atoms in total. The summed E-state index contributed by atoms with van der Waals surface area (Å²) in [6.07, 6.45) is 0.858. The van der Waals surface area contributed by atoms with Gasteiger partial charge in [0, 0.05) is 18.8 Å². The van der Waals surface area contributed by atoms with Crippen molar-refractivity contribution in [3.05, 3.63) is 53.6 Å². The highest BCUT2D eigenvalue weighted by molar-refractivity contribution is 5.71. The minimum atomic E-state index is 0.136. The Morgan fingerprint density at radius 2 is 1.86 bits per heavy atom. The summed E-state index contributed by atoms with van der Waals surface area (Å²) in [6.45, 7) is 4.15. The van der Waals surface area contributed by atoms with Crippen LogP contribution in [0.2, 0.25) is 0 Å². The molecule has 2 rings (SSSR count). The standard InChI is InChI=1S/C18H24N2O/c1-13-9-10-16(15(11-13)12-14(2)19)20(3)17-7-5-6-8-18(17)21-4/h5-11,14H,12,19H2,1-4H3. The molecule has 112 valence electrons. The summed E-state index contributed by atoms with van der Waals surface area (Å²) in [5, 5.41) is 0. The van der Waals surface area contributed by atoms with Crippen molar-refractivity contribution in [2.24, 2.45) is 5.73 Å². The number of nitrogens with two attached hydrogens (primary N) is 1. The van der Waals surface area contributed by atoms with Crippen molar-refractivity contribution >= 4 is 11.4 Å². The predicted octanol–water partition coefficient (Wildman–Crippen LogP) is 3.66. The van der Waals surface area contributed by atoms with E-state index in [1.807, 2.05) is 25.1 Å². The molecule has 0 radical (unpaired) electrons. The van der Waals surface area contributed by atoms with Crippen LogP contribution < -0.4 is 15.4 Å². The van der Waals surface area contributed by atoms with Crippen LogP contribution in [0.25, 0.3) is 0 Å². The zero-order valence-electron chi connectivity index (χ0n) is 13.3.